The average Bonchev–Trinajstić information content (AvgIpc) is 3.11. The smallest absolute Gasteiger partial charge is 0.407 e. The fourth-order valence-electron chi connectivity index (χ4n) is 4.13. The Bertz CT molecular complexity index is 929. The zero-order valence-electron chi connectivity index (χ0n) is 18.5. The number of nitrogens with one attached hydrogen (secondary N) is 1. The highest BCUT2D eigenvalue weighted by molar-refractivity contribution is 5.80. The molecule has 0 spiro atoms. The minimum Gasteiger partial charge on any atom is -0.481 e. The van der Waals surface area contributed by atoms with E-state index in [0.29, 0.717) is 13.0 Å². The van der Waals surface area contributed by atoms with Gasteiger partial charge in [0.2, 0.25) is 5.91 Å². The maximum atomic E-state index is 12.5. The molecule has 3 rings (SSSR count). The molecule has 0 radical (unpaired) electrons. The van der Waals surface area contributed by atoms with E-state index in [0.717, 1.165) is 22.3 Å². The Morgan fingerprint density at radius 3 is 2.16 bits per heavy atom. The zero-order valence-corrected chi connectivity index (χ0v) is 18.5. The summed E-state index contributed by atoms with van der Waals surface area (Å²) in [7, 11) is 0. The molecule has 0 unspecified atom stereocenters. The van der Waals surface area contributed by atoms with Crippen LogP contribution in [0.2, 0.25) is 0 Å². The minimum absolute atomic E-state index is 0.0264. The molecular formula is C25H30N2O5. The van der Waals surface area contributed by atoms with Crippen molar-refractivity contribution < 1.29 is 24.2 Å². The van der Waals surface area contributed by atoms with Gasteiger partial charge >= 0.3 is 12.1 Å². The normalized spacial score (nSPS) is 13.1. The van der Waals surface area contributed by atoms with Crippen LogP contribution in [0.3, 0.4) is 0 Å². The van der Waals surface area contributed by atoms with E-state index in [2.05, 4.69) is 29.6 Å². The van der Waals surface area contributed by atoms with Crippen molar-refractivity contribution in [2.75, 3.05) is 19.7 Å². The summed E-state index contributed by atoms with van der Waals surface area (Å²) in [5.74, 6) is -1.15. The number of carbonyl (C=O) groups excluding carboxylic acids is 2. The highest BCUT2D eigenvalue weighted by Gasteiger charge is 2.29. The second-order valence-electron chi connectivity index (χ2n) is 7.90. The number of carbonyl (C=O) groups is 3. The lowest BCUT2D eigenvalue weighted by Gasteiger charge is -2.24. The summed E-state index contributed by atoms with van der Waals surface area (Å²) >= 11 is 0. The molecule has 0 heterocycles. The van der Waals surface area contributed by atoms with Crippen LogP contribution in [0, 0.1) is 0 Å². The predicted molar refractivity (Wildman–Crippen MR) is 121 cm³/mol. The Balaban J connectivity index is 1.57. The van der Waals surface area contributed by atoms with Crippen LogP contribution in [0.4, 0.5) is 4.79 Å². The molecule has 0 saturated carbocycles. The van der Waals surface area contributed by atoms with Gasteiger partial charge in [0, 0.05) is 31.5 Å². The summed E-state index contributed by atoms with van der Waals surface area (Å²) in [4.78, 5) is 37.3. The Morgan fingerprint density at radius 2 is 1.62 bits per heavy atom. The lowest BCUT2D eigenvalue weighted by molar-refractivity contribution is -0.138. The zero-order chi connectivity index (χ0) is 23.1. The van der Waals surface area contributed by atoms with E-state index in [1.165, 1.54) is 4.90 Å². The maximum Gasteiger partial charge on any atom is 0.407 e. The van der Waals surface area contributed by atoms with Crippen molar-refractivity contribution in [3.05, 3.63) is 59.7 Å². The van der Waals surface area contributed by atoms with Gasteiger partial charge in [-0.05, 0) is 35.6 Å². The van der Waals surface area contributed by atoms with E-state index in [4.69, 9.17) is 9.84 Å². The SMILES string of the molecule is CC[C@@H](CC(=O)N(CC)CCC(=O)O)NC(=O)OCC1c2ccccc2-c2ccccc21. The first kappa shape index (κ1) is 23.3. The van der Waals surface area contributed by atoms with Gasteiger partial charge in [0.25, 0.3) is 0 Å². The number of hydrogen-bond acceptors (Lipinski definition) is 4. The summed E-state index contributed by atoms with van der Waals surface area (Å²) in [6.07, 6.45) is 0.0108. The lowest BCUT2D eigenvalue weighted by atomic mass is 9.98. The van der Waals surface area contributed by atoms with Crippen molar-refractivity contribution in [3.63, 3.8) is 0 Å². The molecule has 0 saturated heterocycles. The van der Waals surface area contributed by atoms with Gasteiger partial charge in [-0.25, -0.2) is 4.79 Å². The molecule has 0 bridgehead atoms. The molecule has 0 aliphatic heterocycles. The number of ether oxygens (including phenoxy) is 1. The monoisotopic (exact) mass is 438 g/mol. The van der Waals surface area contributed by atoms with Crippen LogP contribution < -0.4 is 5.32 Å². The molecule has 7 heteroatoms. The number of nitrogens with zero attached hydrogens (tertiary/aromatic N) is 1. The summed E-state index contributed by atoms with van der Waals surface area (Å²) in [6.45, 7) is 4.48. The summed E-state index contributed by atoms with van der Waals surface area (Å²) in [5.41, 5.74) is 4.60. The Labute approximate surface area is 188 Å². The number of carboxylic acids is 1. The van der Waals surface area contributed by atoms with Gasteiger partial charge < -0.3 is 20.1 Å². The summed E-state index contributed by atoms with van der Waals surface area (Å²) in [6, 6.07) is 15.9. The maximum absolute atomic E-state index is 12.5. The third kappa shape index (κ3) is 5.46. The first-order valence-electron chi connectivity index (χ1n) is 11.1. The van der Waals surface area contributed by atoms with Crippen LogP contribution in [0.15, 0.2) is 48.5 Å². The summed E-state index contributed by atoms with van der Waals surface area (Å²) < 4.78 is 5.57. The molecule has 1 aliphatic carbocycles. The molecule has 7 nitrogen and oxygen atoms in total. The number of fused-ring (bicyclic) bond motifs is 3. The third-order valence-electron chi connectivity index (χ3n) is 5.91. The van der Waals surface area contributed by atoms with Gasteiger partial charge in [0.05, 0.1) is 6.42 Å². The molecule has 32 heavy (non-hydrogen) atoms. The van der Waals surface area contributed by atoms with Crippen LogP contribution >= 0.6 is 0 Å². The quantitative estimate of drug-likeness (QED) is 0.584. The summed E-state index contributed by atoms with van der Waals surface area (Å²) in [5, 5.41) is 11.6. The topological polar surface area (TPSA) is 95.9 Å². The molecule has 0 aromatic heterocycles. The molecule has 2 aromatic rings. The molecule has 1 aliphatic rings. The van der Waals surface area contributed by atoms with Gasteiger partial charge in [-0.3, -0.25) is 9.59 Å². The molecule has 170 valence electrons. The fourth-order valence-corrected chi connectivity index (χ4v) is 4.13. The predicted octanol–water partition coefficient (Wildman–Crippen LogP) is 4.02. The highest BCUT2D eigenvalue weighted by Crippen LogP contribution is 2.44. The van der Waals surface area contributed by atoms with Gasteiger partial charge in [-0.2, -0.15) is 0 Å². The average molecular weight is 439 g/mol. The van der Waals surface area contributed by atoms with Crippen molar-refractivity contribution in [1.29, 1.82) is 0 Å². The van der Waals surface area contributed by atoms with E-state index < -0.39 is 12.1 Å². The van der Waals surface area contributed by atoms with E-state index in [1.54, 1.807) is 6.92 Å². The number of benzene rings is 2. The van der Waals surface area contributed by atoms with Crippen LogP contribution in [0.1, 0.15) is 50.2 Å². The van der Waals surface area contributed by atoms with E-state index >= 15 is 0 Å². The number of hydrogen-bond donors (Lipinski definition) is 2. The van der Waals surface area contributed by atoms with Gasteiger partial charge in [0.15, 0.2) is 0 Å². The van der Waals surface area contributed by atoms with Crippen molar-refractivity contribution in [3.8, 4) is 11.1 Å². The molecule has 2 N–H and O–H groups in total. The lowest BCUT2D eigenvalue weighted by Crippen LogP contribution is -2.41. The number of aliphatic carboxylic acids is 1. The Kier molecular flexibility index (Phi) is 7.87. The van der Waals surface area contributed by atoms with Crippen molar-refractivity contribution in [2.24, 2.45) is 0 Å². The largest absolute Gasteiger partial charge is 0.481 e. The van der Waals surface area contributed by atoms with E-state index in [1.807, 2.05) is 31.2 Å². The first-order valence-corrected chi connectivity index (χ1v) is 11.1. The van der Waals surface area contributed by atoms with Crippen molar-refractivity contribution in [2.45, 2.75) is 45.1 Å². The van der Waals surface area contributed by atoms with Crippen molar-refractivity contribution in [1.82, 2.24) is 10.2 Å². The Hall–Kier alpha value is -3.35. The van der Waals surface area contributed by atoms with Crippen LogP contribution in [0.5, 0.6) is 0 Å². The van der Waals surface area contributed by atoms with E-state index in [9.17, 15) is 14.4 Å². The van der Waals surface area contributed by atoms with Gasteiger partial charge in [0.1, 0.15) is 6.61 Å². The van der Waals surface area contributed by atoms with Gasteiger partial charge in [-0.1, -0.05) is 55.5 Å². The molecule has 0 fully saturated rings. The van der Waals surface area contributed by atoms with Crippen LogP contribution in [-0.4, -0.2) is 53.7 Å². The second kappa shape index (κ2) is 10.8. The number of rotatable bonds is 10. The Morgan fingerprint density at radius 1 is 1.03 bits per heavy atom. The number of amides is 2. The first-order chi connectivity index (χ1) is 15.4. The number of alkyl carbamates (subject to hydrolysis) is 1. The van der Waals surface area contributed by atoms with Crippen LogP contribution in [0.25, 0.3) is 11.1 Å². The fraction of sp³-hybridized carbons (Fsp3) is 0.400. The van der Waals surface area contributed by atoms with Gasteiger partial charge in [-0.15, -0.1) is 0 Å². The standard InChI is InChI=1S/C25H30N2O5/c1-3-17(15-23(28)27(4-2)14-13-24(29)30)26-25(31)32-16-22-20-11-7-5-9-18(20)19-10-6-8-12-21(19)22/h5-12,17,22H,3-4,13-16H2,1-2H3,(H,26,31)(H,29,30)/t17-/m0/s1. The van der Waals surface area contributed by atoms with Crippen LogP contribution in [-0.2, 0) is 14.3 Å². The highest BCUT2D eigenvalue weighted by atomic mass is 16.5. The second-order valence-corrected chi connectivity index (χ2v) is 7.90. The molecular weight excluding hydrogens is 408 g/mol. The number of carboxylic acid groups (broad SMARTS) is 1. The van der Waals surface area contributed by atoms with Crippen molar-refractivity contribution >= 4 is 18.0 Å². The molecule has 2 amide bonds. The minimum atomic E-state index is -0.944. The molecule has 1 atom stereocenters. The van der Waals surface area contributed by atoms with E-state index in [-0.39, 0.29) is 43.9 Å². The third-order valence-corrected chi connectivity index (χ3v) is 5.91. The molecule has 2 aromatic carbocycles.